The minimum absolute atomic E-state index is 0.162. The second kappa shape index (κ2) is 8.42. The molecule has 2 atom stereocenters. The SMILES string of the molecule is CNC(=O)C(CC(C)C)NC(=O)CC(N)c1ccccc1. The Morgan fingerprint density at radius 2 is 1.81 bits per heavy atom. The molecule has 0 heterocycles. The van der Waals surface area contributed by atoms with Gasteiger partial charge in [-0.05, 0) is 17.9 Å². The molecule has 0 aromatic heterocycles. The van der Waals surface area contributed by atoms with Crippen molar-refractivity contribution in [2.75, 3.05) is 7.05 Å². The van der Waals surface area contributed by atoms with E-state index in [0.29, 0.717) is 12.3 Å². The number of likely N-dealkylation sites (N-methyl/N-ethyl adjacent to an activating group) is 1. The monoisotopic (exact) mass is 291 g/mol. The molecule has 0 bridgehead atoms. The summed E-state index contributed by atoms with van der Waals surface area (Å²) in [7, 11) is 1.57. The van der Waals surface area contributed by atoms with Gasteiger partial charge in [-0.2, -0.15) is 0 Å². The third-order valence-corrected chi connectivity index (χ3v) is 3.24. The first-order chi connectivity index (χ1) is 9.93. The van der Waals surface area contributed by atoms with Crippen LogP contribution < -0.4 is 16.4 Å². The molecule has 1 rings (SSSR count). The Morgan fingerprint density at radius 3 is 2.33 bits per heavy atom. The predicted molar refractivity (Wildman–Crippen MR) is 83.4 cm³/mol. The lowest BCUT2D eigenvalue weighted by Gasteiger charge is -2.20. The van der Waals surface area contributed by atoms with Crippen molar-refractivity contribution in [3.8, 4) is 0 Å². The Morgan fingerprint density at radius 1 is 1.19 bits per heavy atom. The number of amides is 2. The van der Waals surface area contributed by atoms with Gasteiger partial charge in [-0.15, -0.1) is 0 Å². The molecule has 1 aromatic rings. The number of nitrogens with two attached hydrogens (primary N) is 1. The zero-order chi connectivity index (χ0) is 15.8. The van der Waals surface area contributed by atoms with E-state index in [2.05, 4.69) is 10.6 Å². The van der Waals surface area contributed by atoms with Gasteiger partial charge in [-0.1, -0.05) is 44.2 Å². The van der Waals surface area contributed by atoms with Gasteiger partial charge < -0.3 is 16.4 Å². The van der Waals surface area contributed by atoms with Gasteiger partial charge in [-0.25, -0.2) is 0 Å². The summed E-state index contributed by atoms with van der Waals surface area (Å²) in [5.74, 6) is -0.0682. The van der Waals surface area contributed by atoms with E-state index in [0.717, 1.165) is 5.56 Å². The van der Waals surface area contributed by atoms with Gasteiger partial charge >= 0.3 is 0 Å². The smallest absolute Gasteiger partial charge is 0.242 e. The second-order valence-electron chi connectivity index (χ2n) is 5.59. The molecule has 1 aromatic carbocycles. The fraction of sp³-hybridized carbons (Fsp3) is 0.500. The maximum absolute atomic E-state index is 12.1. The first-order valence-corrected chi connectivity index (χ1v) is 7.25. The van der Waals surface area contributed by atoms with Gasteiger partial charge in [0.25, 0.3) is 0 Å². The van der Waals surface area contributed by atoms with Crippen LogP contribution >= 0.6 is 0 Å². The summed E-state index contributed by atoms with van der Waals surface area (Å²) < 4.78 is 0. The van der Waals surface area contributed by atoms with E-state index < -0.39 is 6.04 Å². The average Bonchev–Trinajstić information content (AvgIpc) is 2.46. The molecule has 0 aliphatic heterocycles. The summed E-state index contributed by atoms with van der Waals surface area (Å²) in [6, 6.07) is 8.59. The molecule has 5 heteroatoms. The number of benzene rings is 1. The zero-order valence-electron chi connectivity index (χ0n) is 12.9. The molecule has 0 spiro atoms. The Hall–Kier alpha value is -1.88. The highest BCUT2D eigenvalue weighted by atomic mass is 16.2. The van der Waals surface area contributed by atoms with E-state index >= 15 is 0 Å². The zero-order valence-corrected chi connectivity index (χ0v) is 12.9. The van der Waals surface area contributed by atoms with Crippen molar-refractivity contribution in [1.29, 1.82) is 0 Å². The lowest BCUT2D eigenvalue weighted by molar-refractivity contribution is -0.129. The van der Waals surface area contributed by atoms with Crippen LogP contribution in [0.5, 0.6) is 0 Å². The van der Waals surface area contributed by atoms with Crippen LogP contribution in [0.15, 0.2) is 30.3 Å². The summed E-state index contributed by atoms with van der Waals surface area (Å²) in [6.45, 7) is 4.02. The molecule has 0 radical (unpaired) electrons. The normalized spacial score (nSPS) is 13.6. The van der Waals surface area contributed by atoms with E-state index in [4.69, 9.17) is 5.73 Å². The Bertz CT molecular complexity index is 460. The molecule has 0 fully saturated rings. The molecule has 2 unspecified atom stereocenters. The van der Waals surface area contributed by atoms with Crippen LogP contribution in [-0.2, 0) is 9.59 Å². The van der Waals surface area contributed by atoms with Gasteiger partial charge in [0.15, 0.2) is 0 Å². The molecule has 4 N–H and O–H groups in total. The molecule has 21 heavy (non-hydrogen) atoms. The molecule has 5 nitrogen and oxygen atoms in total. The summed E-state index contributed by atoms with van der Waals surface area (Å²) in [4.78, 5) is 23.8. The first kappa shape index (κ1) is 17.2. The van der Waals surface area contributed by atoms with E-state index in [-0.39, 0.29) is 24.3 Å². The molecule has 0 saturated heterocycles. The number of rotatable bonds is 7. The molecule has 0 aliphatic rings. The molecular weight excluding hydrogens is 266 g/mol. The Labute approximate surface area is 126 Å². The van der Waals surface area contributed by atoms with Gasteiger partial charge in [-0.3, -0.25) is 9.59 Å². The fourth-order valence-corrected chi connectivity index (χ4v) is 2.15. The van der Waals surface area contributed by atoms with Crippen LogP contribution in [0.3, 0.4) is 0 Å². The molecule has 0 aliphatic carbocycles. The summed E-state index contributed by atoms with van der Waals surface area (Å²) in [5.41, 5.74) is 6.93. The maximum Gasteiger partial charge on any atom is 0.242 e. The van der Waals surface area contributed by atoms with Crippen molar-refractivity contribution >= 4 is 11.8 Å². The standard InChI is InChI=1S/C16H25N3O2/c1-11(2)9-14(16(21)18-3)19-15(20)10-13(17)12-7-5-4-6-8-12/h4-8,11,13-14H,9-10,17H2,1-3H3,(H,18,21)(H,19,20). The van der Waals surface area contributed by atoms with E-state index in [9.17, 15) is 9.59 Å². The van der Waals surface area contributed by atoms with Gasteiger partial charge in [0.2, 0.25) is 11.8 Å². The molecular formula is C16H25N3O2. The van der Waals surface area contributed by atoms with Crippen molar-refractivity contribution in [2.45, 2.75) is 38.8 Å². The highest BCUT2D eigenvalue weighted by molar-refractivity contribution is 5.87. The Balaban J connectivity index is 2.59. The van der Waals surface area contributed by atoms with Crippen LogP contribution in [0.1, 0.15) is 38.3 Å². The highest BCUT2D eigenvalue weighted by Crippen LogP contribution is 2.13. The third-order valence-electron chi connectivity index (χ3n) is 3.24. The summed E-state index contributed by atoms with van der Waals surface area (Å²) in [6.07, 6.45) is 0.765. The van der Waals surface area contributed by atoms with Crippen LogP contribution in [0.4, 0.5) is 0 Å². The number of carbonyl (C=O) groups is 2. The predicted octanol–water partition coefficient (Wildman–Crippen LogP) is 1.35. The number of hydrogen-bond acceptors (Lipinski definition) is 3. The largest absolute Gasteiger partial charge is 0.357 e. The van der Waals surface area contributed by atoms with Gasteiger partial charge in [0.05, 0.1) is 0 Å². The second-order valence-corrected chi connectivity index (χ2v) is 5.59. The molecule has 2 amide bonds. The summed E-state index contributed by atoms with van der Waals surface area (Å²) >= 11 is 0. The lowest BCUT2D eigenvalue weighted by Crippen LogP contribution is -2.46. The average molecular weight is 291 g/mol. The van der Waals surface area contributed by atoms with Gasteiger partial charge in [0, 0.05) is 19.5 Å². The molecule has 0 saturated carbocycles. The lowest BCUT2D eigenvalue weighted by atomic mass is 10.0. The van der Waals surface area contributed by atoms with Crippen molar-refractivity contribution in [3.63, 3.8) is 0 Å². The van der Waals surface area contributed by atoms with Crippen LogP contribution in [0.25, 0.3) is 0 Å². The number of carbonyl (C=O) groups excluding carboxylic acids is 2. The van der Waals surface area contributed by atoms with Crippen LogP contribution in [-0.4, -0.2) is 24.9 Å². The minimum atomic E-state index is -0.509. The van der Waals surface area contributed by atoms with Crippen molar-refractivity contribution in [2.24, 2.45) is 11.7 Å². The fourth-order valence-electron chi connectivity index (χ4n) is 2.15. The van der Waals surface area contributed by atoms with Crippen molar-refractivity contribution < 1.29 is 9.59 Å². The third kappa shape index (κ3) is 5.95. The molecule has 116 valence electrons. The van der Waals surface area contributed by atoms with E-state index in [1.165, 1.54) is 0 Å². The van der Waals surface area contributed by atoms with Crippen molar-refractivity contribution in [3.05, 3.63) is 35.9 Å². The quantitative estimate of drug-likeness (QED) is 0.709. The first-order valence-electron chi connectivity index (χ1n) is 7.25. The van der Waals surface area contributed by atoms with Crippen LogP contribution in [0, 0.1) is 5.92 Å². The van der Waals surface area contributed by atoms with Gasteiger partial charge in [0.1, 0.15) is 6.04 Å². The number of hydrogen-bond donors (Lipinski definition) is 3. The van der Waals surface area contributed by atoms with Crippen LogP contribution in [0.2, 0.25) is 0 Å². The van der Waals surface area contributed by atoms with E-state index in [1.54, 1.807) is 7.05 Å². The maximum atomic E-state index is 12.1. The Kier molecular flexibility index (Phi) is 6.88. The van der Waals surface area contributed by atoms with E-state index in [1.807, 2.05) is 44.2 Å². The van der Waals surface area contributed by atoms with Crippen molar-refractivity contribution in [1.82, 2.24) is 10.6 Å². The topological polar surface area (TPSA) is 84.2 Å². The number of nitrogens with one attached hydrogen (secondary N) is 2. The minimum Gasteiger partial charge on any atom is -0.357 e. The summed E-state index contributed by atoms with van der Waals surface area (Å²) in [5, 5.41) is 5.34. The highest BCUT2D eigenvalue weighted by Gasteiger charge is 2.22.